The van der Waals surface area contributed by atoms with Gasteiger partial charge in [0.25, 0.3) is 0 Å². The first-order chi connectivity index (χ1) is 12.0. The molecule has 1 rings (SSSR count). The summed E-state index contributed by atoms with van der Waals surface area (Å²) in [5, 5.41) is 11.6. The molecule has 0 unspecified atom stereocenters. The molecule has 1 aromatic rings. The summed E-state index contributed by atoms with van der Waals surface area (Å²) in [4.78, 5) is 4.66. The largest absolute Gasteiger partial charge is 0.382 e. The molecule has 26 heavy (non-hydrogen) atoms. The van der Waals surface area contributed by atoms with E-state index in [-0.39, 0.29) is 28.9 Å². The summed E-state index contributed by atoms with van der Waals surface area (Å²) < 4.78 is 27.8. The number of hydrogen-bond acceptors (Lipinski definition) is 4. The van der Waals surface area contributed by atoms with Crippen LogP contribution in [-0.2, 0) is 21.2 Å². The minimum absolute atomic E-state index is 0. The van der Waals surface area contributed by atoms with Crippen molar-refractivity contribution in [3.63, 3.8) is 0 Å². The van der Waals surface area contributed by atoms with Gasteiger partial charge >= 0.3 is 0 Å². The maximum Gasteiger partial charge on any atom is 0.238 e. The molecule has 0 bridgehead atoms. The molecule has 0 aliphatic heterocycles. The molecule has 0 saturated heterocycles. The highest BCUT2D eigenvalue weighted by Crippen LogP contribution is 2.08. The van der Waals surface area contributed by atoms with E-state index in [1.54, 1.807) is 12.1 Å². The second kappa shape index (κ2) is 14.2. The number of nitrogens with one attached hydrogen (secondary N) is 2. The monoisotopic (exact) mass is 498 g/mol. The van der Waals surface area contributed by atoms with Gasteiger partial charge in [-0.15, -0.1) is 24.0 Å². The van der Waals surface area contributed by atoms with E-state index in [2.05, 4.69) is 15.6 Å². The fourth-order valence-electron chi connectivity index (χ4n) is 2.16. The smallest absolute Gasteiger partial charge is 0.238 e. The molecule has 1 aromatic carbocycles. The molecular weight excluding hydrogens is 467 g/mol. The van der Waals surface area contributed by atoms with E-state index >= 15 is 0 Å². The predicted octanol–water partition coefficient (Wildman–Crippen LogP) is 1.87. The Balaban J connectivity index is 0.00000625. The number of guanidine groups is 1. The van der Waals surface area contributed by atoms with Crippen molar-refractivity contribution in [1.82, 2.24) is 10.6 Å². The van der Waals surface area contributed by atoms with Crippen LogP contribution in [0.15, 0.2) is 34.2 Å². The first kappa shape index (κ1) is 25.1. The highest BCUT2D eigenvalue weighted by atomic mass is 127. The van der Waals surface area contributed by atoms with E-state index in [1.807, 2.05) is 13.8 Å². The number of hydrogen-bond donors (Lipinski definition) is 3. The van der Waals surface area contributed by atoms with Crippen LogP contribution in [0.25, 0.3) is 0 Å². The molecule has 150 valence electrons. The molecule has 0 amide bonds. The number of aliphatic imine (C=N–C) groups is 1. The summed E-state index contributed by atoms with van der Waals surface area (Å²) >= 11 is 0. The minimum Gasteiger partial charge on any atom is -0.382 e. The van der Waals surface area contributed by atoms with Crippen molar-refractivity contribution in [2.24, 2.45) is 10.1 Å². The van der Waals surface area contributed by atoms with Gasteiger partial charge in [0, 0.05) is 32.8 Å². The molecule has 0 fully saturated rings. The van der Waals surface area contributed by atoms with Crippen LogP contribution in [0.5, 0.6) is 0 Å². The van der Waals surface area contributed by atoms with Gasteiger partial charge in [-0.25, -0.2) is 13.6 Å². The fourth-order valence-corrected chi connectivity index (χ4v) is 2.68. The fraction of sp³-hybridized carbons (Fsp3) is 0.588. The number of nitrogens with two attached hydrogens (primary N) is 1. The van der Waals surface area contributed by atoms with Crippen LogP contribution >= 0.6 is 24.0 Å². The molecule has 0 spiro atoms. The average molecular weight is 498 g/mol. The van der Waals surface area contributed by atoms with E-state index in [0.717, 1.165) is 57.1 Å². The second-order valence-electron chi connectivity index (χ2n) is 5.53. The minimum atomic E-state index is -3.63. The van der Waals surface area contributed by atoms with E-state index < -0.39 is 10.0 Å². The average Bonchev–Trinajstić information content (AvgIpc) is 2.57. The standard InChI is InChI=1S/C17H30N4O3S.HI/c1-3-19-17(20-12-5-6-14-24-4-2)21-13-11-15-7-9-16(10-8-15)25(18,22)23;/h7-10H,3-6,11-14H2,1-2H3,(H2,18,22,23)(H2,19,20,21);1H. The normalized spacial score (nSPS) is 11.7. The van der Waals surface area contributed by atoms with E-state index in [4.69, 9.17) is 9.88 Å². The number of rotatable bonds is 11. The molecule has 0 atom stereocenters. The zero-order valence-corrected chi connectivity index (χ0v) is 18.7. The van der Waals surface area contributed by atoms with Gasteiger partial charge in [0.05, 0.1) is 4.90 Å². The van der Waals surface area contributed by atoms with Crippen LogP contribution < -0.4 is 15.8 Å². The summed E-state index contributed by atoms with van der Waals surface area (Å²) in [5.74, 6) is 0.792. The van der Waals surface area contributed by atoms with Crippen LogP contribution in [0.4, 0.5) is 0 Å². The van der Waals surface area contributed by atoms with Crippen LogP contribution in [0, 0.1) is 0 Å². The summed E-state index contributed by atoms with van der Waals surface area (Å²) in [5.41, 5.74) is 1.03. The van der Waals surface area contributed by atoms with Crippen LogP contribution in [0.3, 0.4) is 0 Å². The molecule has 9 heteroatoms. The van der Waals surface area contributed by atoms with Crippen molar-refractivity contribution in [2.45, 2.75) is 38.0 Å². The molecule has 0 aromatic heterocycles. The third-order valence-corrected chi connectivity index (χ3v) is 4.40. The number of benzene rings is 1. The van der Waals surface area contributed by atoms with E-state index in [0.29, 0.717) is 6.54 Å². The number of halogens is 1. The number of unbranched alkanes of at least 4 members (excludes halogenated alkanes) is 1. The van der Waals surface area contributed by atoms with Crippen molar-refractivity contribution >= 4 is 40.0 Å². The summed E-state index contributed by atoms with van der Waals surface area (Å²) in [6.07, 6.45) is 2.76. The maximum absolute atomic E-state index is 11.2. The SMILES string of the molecule is CCNC(=NCCCCOCC)NCCc1ccc(S(N)(=O)=O)cc1.I. The van der Waals surface area contributed by atoms with Crippen LogP contribution in [0.1, 0.15) is 32.3 Å². The van der Waals surface area contributed by atoms with Crippen molar-refractivity contribution in [2.75, 3.05) is 32.8 Å². The Morgan fingerprint density at radius 3 is 2.42 bits per heavy atom. The highest BCUT2D eigenvalue weighted by Gasteiger charge is 2.06. The second-order valence-corrected chi connectivity index (χ2v) is 7.09. The number of primary sulfonamides is 1. The molecular formula is C17H31IN4O3S. The van der Waals surface area contributed by atoms with Crippen LogP contribution in [0.2, 0.25) is 0 Å². The Bertz CT molecular complexity index is 621. The van der Waals surface area contributed by atoms with Gasteiger partial charge in [-0.2, -0.15) is 0 Å². The van der Waals surface area contributed by atoms with Gasteiger partial charge in [0.15, 0.2) is 5.96 Å². The van der Waals surface area contributed by atoms with Gasteiger partial charge in [0.1, 0.15) is 0 Å². The van der Waals surface area contributed by atoms with Gasteiger partial charge in [-0.05, 0) is 50.8 Å². The number of sulfonamides is 1. The number of ether oxygens (including phenoxy) is 1. The Morgan fingerprint density at radius 2 is 1.85 bits per heavy atom. The molecule has 0 radical (unpaired) electrons. The van der Waals surface area contributed by atoms with Gasteiger partial charge in [-0.3, -0.25) is 4.99 Å². The van der Waals surface area contributed by atoms with Crippen molar-refractivity contribution in [1.29, 1.82) is 0 Å². The van der Waals surface area contributed by atoms with Gasteiger partial charge in [0.2, 0.25) is 10.0 Å². The Labute approximate surface area is 174 Å². The zero-order valence-electron chi connectivity index (χ0n) is 15.5. The lowest BCUT2D eigenvalue weighted by molar-refractivity contribution is 0.144. The predicted molar refractivity (Wildman–Crippen MR) is 117 cm³/mol. The molecule has 7 nitrogen and oxygen atoms in total. The third kappa shape index (κ3) is 10.9. The lowest BCUT2D eigenvalue weighted by Gasteiger charge is -2.11. The Morgan fingerprint density at radius 1 is 1.15 bits per heavy atom. The molecule has 0 aliphatic carbocycles. The van der Waals surface area contributed by atoms with Crippen molar-refractivity contribution < 1.29 is 13.2 Å². The molecule has 0 saturated carbocycles. The van der Waals surface area contributed by atoms with E-state index in [1.165, 1.54) is 12.1 Å². The molecule has 0 heterocycles. The lowest BCUT2D eigenvalue weighted by atomic mass is 10.1. The van der Waals surface area contributed by atoms with E-state index in [9.17, 15) is 8.42 Å². The van der Waals surface area contributed by atoms with Crippen LogP contribution in [-0.4, -0.2) is 47.2 Å². The summed E-state index contributed by atoms with van der Waals surface area (Å²) in [6, 6.07) is 6.61. The van der Waals surface area contributed by atoms with Gasteiger partial charge in [-0.1, -0.05) is 12.1 Å². The quantitative estimate of drug-likeness (QED) is 0.187. The number of nitrogens with zero attached hydrogens (tertiary/aromatic N) is 1. The topological polar surface area (TPSA) is 106 Å². The highest BCUT2D eigenvalue weighted by molar-refractivity contribution is 14.0. The summed E-state index contributed by atoms with van der Waals surface area (Å²) in [7, 11) is -3.63. The molecule has 0 aliphatic rings. The Hall–Kier alpha value is -0.910. The summed E-state index contributed by atoms with van der Waals surface area (Å²) in [6.45, 7) is 7.82. The third-order valence-electron chi connectivity index (χ3n) is 3.47. The van der Waals surface area contributed by atoms with Crippen molar-refractivity contribution in [3.05, 3.63) is 29.8 Å². The molecule has 4 N–H and O–H groups in total. The first-order valence-electron chi connectivity index (χ1n) is 8.69. The van der Waals surface area contributed by atoms with Gasteiger partial charge < -0.3 is 15.4 Å². The zero-order chi connectivity index (χ0) is 18.5. The lowest BCUT2D eigenvalue weighted by Crippen LogP contribution is -2.38. The first-order valence-corrected chi connectivity index (χ1v) is 10.2. The maximum atomic E-state index is 11.2. The Kier molecular flexibility index (Phi) is 13.7. The van der Waals surface area contributed by atoms with Crippen molar-refractivity contribution in [3.8, 4) is 0 Å².